The van der Waals surface area contributed by atoms with Crippen molar-refractivity contribution in [2.24, 2.45) is 0 Å². The van der Waals surface area contributed by atoms with Gasteiger partial charge in [0.2, 0.25) is 5.95 Å². The molecule has 0 amide bonds. The second-order valence-corrected chi connectivity index (χ2v) is 6.26. The number of hydrogen-bond donors (Lipinski definition) is 2. The normalized spacial score (nSPS) is 20.4. The van der Waals surface area contributed by atoms with E-state index in [4.69, 9.17) is 4.74 Å². The van der Waals surface area contributed by atoms with Gasteiger partial charge in [0, 0.05) is 30.8 Å². The summed E-state index contributed by atoms with van der Waals surface area (Å²) in [6.07, 6.45) is 4.98. The second kappa shape index (κ2) is 6.54. The van der Waals surface area contributed by atoms with Gasteiger partial charge in [0.1, 0.15) is 5.82 Å². The lowest BCUT2D eigenvalue weighted by Crippen LogP contribution is -2.19. The third-order valence-electron chi connectivity index (χ3n) is 4.24. The quantitative estimate of drug-likeness (QED) is 0.857. The highest BCUT2D eigenvalue weighted by atomic mass is 16.5. The number of ether oxygens (including phenoxy) is 1. The summed E-state index contributed by atoms with van der Waals surface area (Å²) >= 11 is 0. The number of aromatic nitrogens is 2. The summed E-state index contributed by atoms with van der Waals surface area (Å²) in [7, 11) is 0. The Morgan fingerprint density at radius 1 is 1.09 bits per heavy atom. The van der Waals surface area contributed by atoms with Crippen LogP contribution in [0, 0.1) is 0 Å². The summed E-state index contributed by atoms with van der Waals surface area (Å²) < 4.78 is 5.67. The molecule has 4 rings (SSSR count). The van der Waals surface area contributed by atoms with Crippen molar-refractivity contribution in [3.05, 3.63) is 36.4 Å². The van der Waals surface area contributed by atoms with Gasteiger partial charge in [0.25, 0.3) is 0 Å². The van der Waals surface area contributed by atoms with Gasteiger partial charge in [-0.25, -0.2) is 4.98 Å². The molecule has 23 heavy (non-hydrogen) atoms. The molecule has 1 saturated carbocycles. The highest BCUT2D eigenvalue weighted by molar-refractivity contribution is 5.64. The molecule has 0 radical (unpaired) electrons. The van der Waals surface area contributed by atoms with Crippen LogP contribution in [0.5, 0.6) is 0 Å². The molecule has 0 unspecified atom stereocenters. The Balaban J connectivity index is 1.55. The van der Waals surface area contributed by atoms with Crippen molar-refractivity contribution in [3.8, 4) is 11.3 Å². The van der Waals surface area contributed by atoms with Crippen LogP contribution in [0.15, 0.2) is 36.4 Å². The fourth-order valence-corrected chi connectivity index (χ4v) is 2.79. The largest absolute Gasteiger partial charge is 0.376 e. The van der Waals surface area contributed by atoms with Crippen LogP contribution in [-0.2, 0) is 4.74 Å². The molecule has 0 spiro atoms. The molecule has 2 aromatic rings. The predicted molar refractivity (Wildman–Crippen MR) is 91.6 cm³/mol. The lowest BCUT2D eigenvalue weighted by molar-refractivity contribution is 0.120. The summed E-state index contributed by atoms with van der Waals surface area (Å²) in [6.45, 7) is 1.67. The van der Waals surface area contributed by atoms with Crippen LogP contribution in [0.2, 0.25) is 0 Å². The molecule has 2 N–H and O–H groups in total. The Morgan fingerprint density at radius 3 is 2.70 bits per heavy atom. The second-order valence-electron chi connectivity index (χ2n) is 6.26. The first kappa shape index (κ1) is 14.5. The first-order valence-electron chi connectivity index (χ1n) is 8.43. The van der Waals surface area contributed by atoms with Crippen LogP contribution in [0.1, 0.15) is 25.7 Å². The summed E-state index contributed by atoms with van der Waals surface area (Å²) in [4.78, 5) is 9.28. The van der Waals surface area contributed by atoms with Gasteiger partial charge >= 0.3 is 0 Å². The highest BCUT2D eigenvalue weighted by Gasteiger charge is 2.22. The molecule has 2 fully saturated rings. The molecular weight excluding hydrogens is 288 g/mol. The van der Waals surface area contributed by atoms with Gasteiger partial charge in [-0.2, -0.15) is 4.98 Å². The van der Waals surface area contributed by atoms with Gasteiger partial charge in [-0.15, -0.1) is 0 Å². The van der Waals surface area contributed by atoms with E-state index in [1.165, 1.54) is 12.8 Å². The zero-order chi connectivity index (χ0) is 15.5. The highest BCUT2D eigenvalue weighted by Crippen LogP contribution is 2.26. The minimum absolute atomic E-state index is 0.296. The summed E-state index contributed by atoms with van der Waals surface area (Å²) in [5, 5.41) is 6.82. The smallest absolute Gasteiger partial charge is 0.225 e. The van der Waals surface area contributed by atoms with Crippen LogP contribution < -0.4 is 10.6 Å². The van der Waals surface area contributed by atoms with Gasteiger partial charge in [0.15, 0.2) is 0 Å². The standard InChI is InChI=1S/C18H22N4O/c1-2-5-13(6-3-1)16-11-17(19-12-15-7-4-10-23-15)22-18(21-16)20-14-8-9-14/h1-3,5-6,11,14-15H,4,7-10,12H2,(H2,19,20,21,22)/t15-/m1/s1. The Bertz CT molecular complexity index is 651. The van der Waals surface area contributed by atoms with Gasteiger partial charge < -0.3 is 15.4 Å². The molecule has 1 aromatic heterocycles. The molecule has 1 aliphatic carbocycles. The van der Waals surface area contributed by atoms with E-state index in [0.29, 0.717) is 18.1 Å². The molecule has 5 heteroatoms. The van der Waals surface area contributed by atoms with E-state index < -0.39 is 0 Å². The fraction of sp³-hybridized carbons (Fsp3) is 0.444. The average Bonchev–Trinajstić information content (AvgIpc) is 3.25. The molecule has 2 aliphatic rings. The molecule has 1 atom stereocenters. The lowest BCUT2D eigenvalue weighted by atomic mass is 10.1. The zero-order valence-electron chi connectivity index (χ0n) is 13.2. The van der Waals surface area contributed by atoms with Gasteiger partial charge in [-0.3, -0.25) is 0 Å². The SMILES string of the molecule is c1ccc(-c2cc(NC[C@H]3CCCO3)nc(NC3CC3)n2)cc1. The molecule has 0 bridgehead atoms. The number of anilines is 2. The molecule has 2 heterocycles. The third-order valence-corrected chi connectivity index (χ3v) is 4.24. The Morgan fingerprint density at radius 2 is 1.96 bits per heavy atom. The number of benzene rings is 1. The van der Waals surface area contributed by atoms with Crippen molar-refractivity contribution >= 4 is 11.8 Å². The Hall–Kier alpha value is -2.14. The summed E-state index contributed by atoms with van der Waals surface area (Å²) in [5.74, 6) is 1.57. The number of nitrogens with one attached hydrogen (secondary N) is 2. The predicted octanol–water partition coefficient (Wildman–Crippen LogP) is 3.31. The van der Waals surface area contributed by atoms with Crippen molar-refractivity contribution < 1.29 is 4.74 Å². The van der Waals surface area contributed by atoms with Crippen molar-refractivity contribution in [1.82, 2.24) is 9.97 Å². The summed E-state index contributed by atoms with van der Waals surface area (Å²) in [6, 6.07) is 12.8. The number of nitrogens with zero attached hydrogens (tertiary/aromatic N) is 2. The van der Waals surface area contributed by atoms with Gasteiger partial charge in [-0.05, 0) is 25.7 Å². The molecule has 1 saturated heterocycles. The Kier molecular flexibility index (Phi) is 4.11. The molecule has 5 nitrogen and oxygen atoms in total. The fourth-order valence-electron chi connectivity index (χ4n) is 2.79. The van der Waals surface area contributed by atoms with Crippen LogP contribution >= 0.6 is 0 Å². The van der Waals surface area contributed by atoms with E-state index in [1.807, 2.05) is 24.3 Å². The maximum Gasteiger partial charge on any atom is 0.225 e. The molecular formula is C18H22N4O. The molecule has 1 aromatic carbocycles. The monoisotopic (exact) mass is 310 g/mol. The van der Waals surface area contributed by atoms with Crippen molar-refractivity contribution in [2.45, 2.75) is 37.8 Å². The Labute approximate surface area is 136 Å². The maximum absolute atomic E-state index is 5.67. The summed E-state index contributed by atoms with van der Waals surface area (Å²) in [5.41, 5.74) is 2.05. The van der Waals surface area contributed by atoms with Crippen LogP contribution in [0.25, 0.3) is 11.3 Å². The van der Waals surface area contributed by atoms with Gasteiger partial charge in [0.05, 0.1) is 11.8 Å². The zero-order valence-corrected chi connectivity index (χ0v) is 13.2. The minimum atomic E-state index is 0.296. The number of hydrogen-bond acceptors (Lipinski definition) is 5. The first-order chi connectivity index (χ1) is 11.4. The van der Waals surface area contributed by atoms with E-state index in [0.717, 1.165) is 43.1 Å². The maximum atomic E-state index is 5.67. The van der Waals surface area contributed by atoms with E-state index in [-0.39, 0.29) is 0 Å². The third kappa shape index (κ3) is 3.79. The number of rotatable bonds is 6. The first-order valence-corrected chi connectivity index (χ1v) is 8.43. The molecule has 1 aliphatic heterocycles. The minimum Gasteiger partial charge on any atom is -0.376 e. The van der Waals surface area contributed by atoms with Gasteiger partial charge in [-0.1, -0.05) is 30.3 Å². The van der Waals surface area contributed by atoms with Crippen molar-refractivity contribution in [2.75, 3.05) is 23.8 Å². The van der Waals surface area contributed by atoms with Crippen molar-refractivity contribution in [3.63, 3.8) is 0 Å². The van der Waals surface area contributed by atoms with E-state index in [2.05, 4.69) is 32.7 Å². The topological polar surface area (TPSA) is 59.1 Å². The van der Waals surface area contributed by atoms with Crippen LogP contribution in [0.3, 0.4) is 0 Å². The van der Waals surface area contributed by atoms with Crippen molar-refractivity contribution in [1.29, 1.82) is 0 Å². The van der Waals surface area contributed by atoms with E-state index >= 15 is 0 Å². The molecule has 120 valence electrons. The van der Waals surface area contributed by atoms with E-state index in [9.17, 15) is 0 Å². The lowest BCUT2D eigenvalue weighted by Gasteiger charge is -2.14. The van der Waals surface area contributed by atoms with E-state index in [1.54, 1.807) is 0 Å². The average molecular weight is 310 g/mol. The van der Waals surface area contributed by atoms with Crippen LogP contribution in [-0.4, -0.2) is 35.3 Å². The van der Waals surface area contributed by atoms with Crippen LogP contribution in [0.4, 0.5) is 11.8 Å².